The zero-order chi connectivity index (χ0) is 14.7. The van der Waals surface area contributed by atoms with Gasteiger partial charge in [0, 0.05) is 22.8 Å². The van der Waals surface area contributed by atoms with Crippen molar-refractivity contribution in [3.63, 3.8) is 0 Å². The highest BCUT2D eigenvalue weighted by Crippen LogP contribution is 2.32. The summed E-state index contributed by atoms with van der Waals surface area (Å²) in [7, 11) is 0. The van der Waals surface area contributed by atoms with Crippen molar-refractivity contribution in [1.29, 1.82) is 0 Å². The fourth-order valence-electron chi connectivity index (χ4n) is 1.93. The van der Waals surface area contributed by atoms with Gasteiger partial charge in [0.25, 0.3) is 0 Å². The second-order valence-electron chi connectivity index (χ2n) is 4.96. The maximum atomic E-state index is 6.19. The Bertz CT molecular complexity index is 609. The molecule has 20 heavy (non-hydrogen) atoms. The number of halogens is 3. The predicted molar refractivity (Wildman–Crippen MR) is 89.3 cm³/mol. The fourth-order valence-corrected chi connectivity index (χ4v) is 2.61. The molecule has 4 heteroatoms. The summed E-state index contributed by atoms with van der Waals surface area (Å²) < 4.78 is 0. The Labute approximate surface area is 134 Å². The first-order valence-electron chi connectivity index (χ1n) is 6.45. The summed E-state index contributed by atoms with van der Waals surface area (Å²) in [5, 5.41) is 4.98. The first-order chi connectivity index (χ1) is 9.49. The van der Waals surface area contributed by atoms with Crippen LogP contribution in [0.2, 0.25) is 15.1 Å². The molecule has 0 bridgehead atoms. The smallest absolute Gasteiger partial charge is 0.0657 e. The molecule has 2 aromatic rings. The number of rotatable bonds is 4. The van der Waals surface area contributed by atoms with Crippen LogP contribution in [-0.2, 0) is 6.54 Å². The molecule has 0 aliphatic carbocycles. The summed E-state index contributed by atoms with van der Waals surface area (Å²) >= 11 is 18.4. The van der Waals surface area contributed by atoms with Gasteiger partial charge in [-0.3, -0.25) is 0 Å². The second kappa shape index (κ2) is 6.71. The molecule has 0 fully saturated rings. The molecule has 1 N–H and O–H groups in total. The van der Waals surface area contributed by atoms with Crippen LogP contribution >= 0.6 is 34.8 Å². The van der Waals surface area contributed by atoms with Crippen LogP contribution in [0.4, 0.5) is 5.69 Å². The number of nitrogens with one attached hydrogen (secondary N) is 1. The molecule has 0 saturated carbocycles. The quantitative estimate of drug-likeness (QED) is 0.642. The van der Waals surface area contributed by atoms with Gasteiger partial charge in [0.1, 0.15) is 0 Å². The van der Waals surface area contributed by atoms with Gasteiger partial charge >= 0.3 is 0 Å². The van der Waals surface area contributed by atoms with Crippen molar-refractivity contribution in [3.05, 3.63) is 62.6 Å². The van der Waals surface area contributed by atoms with Crippen LogP contribution in [0.15, 0.2) is 36.4 Å². The maximum absolute atomic E-state index is 6.19. The monoisotopic (exact) mass is 327 g/mol. The van der Waals surface area contributed by atoms with Crippen molar-refractivity contribution in [3.8, 4) is 0 Å². The van der Waals surface area contributed by atoms with E-state index in [0.717, 1.165) is 11.3 Å². The van der Waals surface area contributed by atoms with E-state index >= 15 is 0 Å². The molecular formula is C16H16Cl3N. The molecule has 0 aromatic heterocycles. The lowest BCUT2D eigenvalue weighted by molar-refractivity contribution is 0.866. The van der Waals surface area contributed by atoms with Gasteiger partial charge < -0.3 is 5.32 Å². The molecule has 0 unspecified atom stereocenters. The molecule has 0 amide bonds. The number of hydrogen-bond acceptors (Lipinski definition) is 1. The molecule has 0 spiro atoms. The van der Waals surface area contributed by atoms with Gasteiger partial charge in [0.05, 0.1) is 10.0 Å². The lowest BCUT2D eigenvalue weighted by Gasteiger charge is -2.13. The first kappa shape index (κ1) is 15.5. The normalized spacial score (nSPS) is 10.9. The Morgan fingerprint density at radius 2 is 1.70 bits per heavy atom. The molecule has 0 aliphatic heterocycles. The molecule has 2 aromatic carbocycles. The van der Waals surface area contributed by atoms with Crippen LogP contribution in [-0.4, -0.2) is 0 Å². The van der Waals surface area contributed by atoms with Crippen LogP contribution in [0.5, 0.6) is 0 Å². The van der Waals surface area contributed by atoms with E-state index in [1.54, 1.807) is 12.1 Å². The zero-order valence-electron chi connectivity index (χ0n) is 11.4. The lowest BCUT2D eigenvalue weighted by atomic mass is 10.0. The molecule has 2 rings (SSSR count). The number of anilines is 1. The van der Waals surface area contributed by atoms with Crippen molar-refractivity contribution < 1.29 is 0 Å². The summed E-state index contributed by atoms with van der Waals surface area (Å²) in [5.74, 6) is 0.495. The van der Waals surface area contributed by atoms with E-state index in [2.05, 4.69) is 31.3 Å². The lowest BCUT2D eigenvalue weighted by Crippen LogP contribution is -2.02. The van der Waals surface area contributed by atoms with Crippen LogP contribution < -0.4 is 5.32 Å². The minimum absolute atomic E-state index is 0.495. The summed E-state index contributed by atoms with van der Waals surface area (Å²) in [5.41, 5.74) is 3.15. The first-order valence-corrected chi connectivity index (χ1v) is 7.58. The van der Waals surface area contributed by atoms with Crippen LogP contribution in [0.1, 0.15) is 30.9 Å². The molecule has 0 heterocycles. The summed E-state index contributed by atoms with van der Waals surface area (Å²) in [6.45, 7) is 4.88. The molecule has 0 radical (unpaired) electrons. The van der Waals surface area contributed by atoms with E-state index < -0.39 is 0 Å². The Kier molecular flexibility index (Phi) is 5.20. The SMILES string of the molecule is CC(C)c1cccc(NCc2c(Cl)ccc(Cl)c2Cl)c1. The van der Waals surface area contributed by atoms with E-state index in [9.17, 15) is 0 Å². The Hall–Kier alpha value is -0.890. The minimum atomic E-state index is 0.495. The third kappa shape index (κ3) is 3.60. The third-order valence-electron chi connectivity index (χ3n) is 3.16. The van der Waals surface area contributed by atoms with E-state index in [-0.39, 0.29) is 0 Å². The van der Waals surface area contributed by atoms with E-state index in [1.807, 2.05) is 12.1 Å². The van der Waals surface area contributed by atoms with Gasteiger partial charge in [-0.25, -0.2) is 0 Å². The van der Waals surface area contributed by atoms with E-state index in [0.29, 0.717) is 27.5 Å². The van der Waals surface area contributed by atoms with Gasteiger partial charge in [-0.05, 0) is 35.7 Å². The molecular weight excluding hydrogens is 313 g/mol. The molecule has 0 atom stereocenters. The highest BCUT2D eigenvalue weighted by Gasteiger charge is 2.09. The zero-order valence-corrected chi connectivity index (χ0v) is 13.7. The summed E-state index contributed by atoms with van der Waals surface area (Å²) in [4.78, 5) is 0. The van der Waals surface area contributed by atoms with Gasteiger partial charge in [-0.15, -0.1) is 0 Å². The van der Waals surface area contributed by atoms with Crippen LogP contribution in [0.3, 0.4) is 0 Å². The predicted octanol–water partition coefficient (Wildman–Crippen LogP) is 6.38. The highest BCUT2D eigenvalue weighted by molar-refractivity contribution is 6.44. The molecule has 1 nitrogen and oxygen atoms in total. The highest BCUT2D eigenvalue weighted by atomic mass is 35.5. The van der Waals surface area contributed by atoms with Gasteiger partial charge in [0.15, 0.2) is 0 Å². The van der Waals surface area contributed by atoms with Gasteiger partial charge in [-0.1, -0.05) is 60.8 Å². The Morgan fingerprint density at radius 1 is 1.00 bits per heavy atom. The largest absolute Gasteiger partial charge is 0.381 e. The Morgan fingerprint density at radius 3 is 2.40 bits per heavy atom. The Balaban J connectivity index is 2.17. The van der Waals surface area contributed by atoms with E-state index in [4.69, 9.17) is 34.8 Å². The van der Waals surface area contributed by atoms with Crippen molar-refractivity contribution in [2.24, 2.45) is 0 Å². The average molecular weight is 329 g/mol. The molecule has 0 saturated heterocycles. The molecule has 106 valence electrons. The van der Waals surface area contributed by atoms with Crippen molar-refractivity contribution in [2.75, 3.05) is 5.32 Å². The third-order valence-corrected chi connectivity index (χ3v) is 4.36. The minimum Gasteiger partial charge on any atom is -0.381 e. The number of benzene rings is 2. The molecule has 0 aliphatic rings. The van der Waals surface area contributed by atoms with Crippen LogP contribution in [0.25, 0.3) is 0 Å². The van der Waals surface area contributed by atoms with Gasteiger partial charge in [0.2, 0.25) is 0 Å². The maximum Gasteiger partial charge on any atom is 0.0657 e. The van der Waals surface area contributed by atoms with Crippen molar-refractivity contribution in [1.82, 2.24) is 0 Å². The summed E-state index contributed by atoms with van der Waals surface area (Å²) in [6, 6.07) is 11.8. The van der Waals surface area contributed by atoms with Gasteiger partial charge in [-0.2, -0.15) is 0 Å². The fraction of sp³-hybridized carbons (Fsp3) is 0.250. The number of hydrogen-bond donors (Lipinski definition) is 1. The van der Waals surface area contributed by atoms with E-state index in [1.165, 1.54) is 5.56 Å². The standard InChI is InChI=1S/C16H16Cl3N/c1-10(2)11-4-3-5-12(8-11)20-9-13-14(17)6-7-15(18)16(13)19/h3-8,10,20H,9H2,1-2H3. The van der Waals surface area contributed by atoms with Crippen molar-refractivity contribution in [2.45, 2.75) is 26.3 Å². The average Bonchev–Trinajstić information content (AvgIpc) is 2.43. The van der Waals surface area contributed by atoms with Crippen molar-refractivity contribution >= 4 is 40.5 Å². The second-order valence-corrected chi connectivity index (χ2v) is 6.15. The topological polar surface area (TPSA) is 12.0 Å². The van der Waals surface area contributed by atoms with Crippen LogP contribution in [0, 0.1) is 0 Å². The summed E-state index contributed by atoms with van der Waals surface area (Å²) in [6.07, 6.45) is 0.